The highest BCUT2D eigenvalue weighted by Crippen LogP contribution is 2.42. The van der Waals surface area contributed by atoms with Crippen LogP contribution in [-0.4, -0.2) is 16.1 Å². The van der Waals surface area contributed by atoms with Gasteiger partial charge in [0.25, 0.3) is 0 Å². The summed E-state index contributed by atoms with van der Waals surface area (Å²) in [4.78, 5) is 24.5. The number of aryl methyl sites for hydroxylation is 2. The summed E-state index contributed by atoms with van der Waals surface area (Å²) in [6.07, 6.45) is 2.83. The van der Waals surface area contributed by atoms with Gasteiger partial charge in [0.2, 0.25) is 11.0 Å². The molecule has 2 aromatic heterocycles. The predicted molar refractivity (Wildman–Crippen MR) is 101 cm³/mol. The lowest BCUT2D eigenvalue weighted by Gasteiger charge is -2.08. The van der Waals surface area contributed by atoms with Gasteiger partial charge in [-0.2, -0.15) is 0 Å². The maximum atomic E-state index is 12.3. The van der Waals surface area contributed by atoms with Gasteiger partial charge in [-0.25, -0.2) is 4.79 Å². The highest BCUT2D eigenvalue weighted by Gasteiger charge is 2.27. The van der Waals surface area contributed by atoms with Gasteiger partial charge < -0.3 is 9.73 Å². The van der Waals surface area contributed by atoms with Crippen molar-refractivity contribution < 1.29 is 9.21 Å². The lowest BCUT2D eigenvalue weighted by Crippen LogP contribution is -2.16. The van der Waals surface area contributed by atoms with E-state index in [2.05, 4.69) is 15.5 Å². The number of hydrogen-bond acceptors (Lipinski definition) is 6. The molecule has 134 valence electrons. The molecule has 0 radical (unpaired) electrons. The standard InChI is InChI=1S/C19H19N3O3S/c1-10-3-6-13-11(2)14(18(24)25-15(13)9-10)7-8-16(23)20-19-22-21-17(26-19)12-4-5-12/h3,6,9,12H,4-5,7-8H2,1-2H3,(H,20,22,23). The number of amides is 1. The Bertz CT molecular complexity index is 1050. The second-order valence-electron chi connectivity index (χ2n) is 6.76. The first kappa shape index (κ1) is 16.9. The van der Waals surface area contributed by atoms with Crippen LogP contribution in [0.2, 0.25) is 0 Å². The second kappa shape index (κ2) is 6.64. The Morgan fingerprint density at radius 2 is 2.12 bits per heavy atom. The number of nitrogens with one attached hydrogen (secondary N) is 1. The van der Waals surface area contributed by atoms with Crippen LogP contribution < -0.4 is 10.9 Å². The molecule has 6 nitrogen and oxygen atoms in total. The van der Waals surface area contributed by atoms with Gasteiger partial charge in [-0.3, -0.25) is 4.79 Å². The summed E-state index contributed by atoms with van der Waals surface area (Å²) < 4.78 is 5.43. The van der Waals surface area contributed by atoms with Crippen molar-refractivity contribution in [1.82, 2.24) is 10.2 Å². The quantitative estimate of drug-likeness (QED) is 0.693. The van der Waals surface area contributed by atoms with Crippen molar-refractivity contribution in [2.75, 3.05) is 5.32 Å². The first-order chi connectivity index (χ1) is 12.5. The molecule has 0 spiro atoms. The summed E-state index contributed by atoms with van der Waals surface area (Å²) in [6.45, 7) is 3.85. The van der Waals surface area contributed by atoms with Gasteiger partial charge in [0, 0.05) is 23.3 Å². The van der Waals surface area contributed by atoms with E-state index < -0.39 is 0 Å². The SMILES string of the molecule is Cc1ccc2c(C)c(CCC(=O)Nc3nnc(C4CC4)s3)c(=O)oc2c1. The number of anilines is 1. The highest BCUT2D eigenvalue weighted by molar-refractivity contribution is 7.15. The van der Waals surface area contributed by atoms with E-state index in [-0.39, 0.29) is 18.0 Å². The van der Waals surface area contributed by atoms with Crippen molar-refractivity contribution in [3.05, 3.63) is 50.3 Å². The van der Waals surface area contributed by atoms with Crippen LogP contribution in [0.4, 0.5) is 5.13 Å². The molecule has 1 aliphatic rings. The van der Waals surface area contributed by atoms with Crippen LogP contribution in [0.25, 0.3) is 11.0 Å². The highest BCUT2D eigenvalue weighted by atomic mass is 32.1. The molecule has 7 heteroatoms. The molecule has 0 unspecified atom stereocenters. The molecule has 26 heavy (non-hydrogen) atoms. The van der Waals surface area contributed by atoms with Crippen molar-refractivity contribution in [3.63, 3.8) is 0 Å². The zero-order valence-electron chi connectivity index (χ0n) is 14.7. The number of fused-ring (bicyclic) bond motifs is 1. The number of aromatic nitrogens is 2. The van der Waals surface area contributed by atoms with E-state index in [0.717, 1.165) is 34.4 Å². The lowest BCUT2D eigenvalue weighted by atomic mass is 10.0. The Kier molecular flexibility index (Phi) is 4.32. The lowest BCUT2D eigenvalue weighted by molar-refractivity contribution is -0.116. The summed E-state index contributed by atoms with van der Waals surface area (Å²) in [6, 6.07) is 5.79. The monoisotopic (exact) mass is 369 g/mol. The van der Waals surface area contributed by atoms with Gasteiger partial charge in [-0.05, 0) is 50.3 Å². The van der Waals surface area contributed by atoms with Gasteiger partial charge in [0.15, 0.2) is 0 Å². The minimum atomic E-state index is -0.375. The smallest absolute Gasteiger partial charge is 0.339 e. The number of rotatable bonds is 5. The van der Waals surface area contributed by atoms with Crippen molar-refractivity contribution in [1.29, 1.82) is 0 Å². The number of benzene rings is 1. The van der Waals surface area contributed by atoms with E-state index in [0.29, 0.717) is 28.6 Å². The molecule has 0 bridgehead atoms. The van der Waals surface area contributed by atoms with E-state index in [1.54, 1.807) is 0 Å². The zero-order chi connectivity index (χ0) is 18.3. The normalized spacial score (nSPS) is 13.9. The largest absolute Gasteiger partial charge is 0.423 e. The topological polar surface area (TPSA) is 85.1 Å². The molecule has 1 amide bonds. The molecule has 4 rings (SSSR count). The molecular formula is C19H19N3O3S. The van der Waals surface area contributed by atoms with E-state index in [1.807, 2.05) is 32.0 Å². The first-order valence-electron chi connectivity index (χ1n) is 8.67. The molecular weight excluding hydrogens is 350 g/mol. The molecule has 3 aromatic rings. The van der Waals surface area contributed by atoms with Gasteiger partial charge >= 0.3 is 5.63 Å². The van der Waals surface area contributed by atoms with Crippen LogP contribution in [0.15, 0.2) is 27.4 Å². The fourth-order valence-electron chi connectivity index (χ4n) is 2.99. The molecule has 1 fully saturated rings. The van der Waals surface area contributed by atoms with Crippen LogP contribution in [0.5, 0.6) is 0 Å². The number of carbonyl (C=O) groups excluding carboxylic acids is 1. The summed E-state index contributed by atoms with van der Waals surface area (Å²) in [7, 11) is 0. The maximum Gasteiger partial charge on any atom is 0.339 e. The number of nitrogens with zero attached hydrogens (tertiary/aromatic N) is 2. The summed E-state index contributed by atoms with van der Waals surface area (Å²) in [5.41, 5.74) is 2.67. The maximum absolute atomic E-state index is 12.3. The van der Waals surface area contributed by atoms with Gasteiger partial charge in [0.05, 0.1) is 0 Å². The average molecular weight is 369 g/mol. The van der Waals surface area contributed by atoms with E-state index >= 15 is 0 Å². The summed E-state index contributed by atoms with van der Waals surface area (Å²) >= 11 is 1.43. The van der Waals surface area contributed by atoms with E-state index in [4.69, 9.17) is 4.42 Å². The Morgan fingerprint density at radius 1 is 1.31 bits per heavy atom. The van der Waals surface area contributed by atoms with Crippen LogP contribution in [0.1, 0.15) is 46.9 Å². The summed E-state index contributed by atoms with van der Waals surface area (Å²) in [5, 5.41) is 13.3. The molecule has 0 aliphatic heterocycles. The number of carbonyl (C=O) groups is 1. The van der Waals surface area contributed by atoms with E-state index in [1.165, 1.54) is 11.3 Å². The van der Waals surface area contributed by atoms with Gasteiger partial charge in [-0.1, -0.05) is 23.5 Å². The van der Waals surface area contributed by atoms with Crippen LogP contribution in [0.3, 0.4) is 0 Å². The van der Waals surface area contributed by atoms with E-state index in [9.17, 15) is 9.59 Å². The predicted octanol–water partition coefficient (Wildman–Crippen LogP) is 3.71. The zero-order valence-corrected chi connectivity index (χ0v) is 15.5. The van der Waals surface area contributed by atoms with Crippen molar-refractivity contribution in [3.8, 4) is 0 Å². The van der Waals surface area contributed by atoms with Crippen LogP contribution >= 0.6 is 11.3 Å². The molecule has 1 aliphatic carbocycles. The molecule has 0 saturated heterocycles. The molecule has 0 atom stereocenters. The minimum absolute atomic E-state index is 0.175. The van der Waals surface area contributed by atoms with Crippen molar-refractivity contribution >= 4 is 33.3 Å². The van der Waals surface area contributed by atoms with Crippen LogP contribution in [0, 0.1) is 13.8 Å². The molecule has 1 saturated carbocycles. The molecule has 1 N–H and O–H groups in total. The second-order valence-corrected chi connectivity index (χ2v) is 7.77. The average Bonchev–Trinajstić information content (AvgIpc) is 3.34. The molecule has 2 heterocycles. The van der Waals surface area contributed by atoms with Gasteiger partial charge in [0.1, 0.15) is 10.6 Å². The fourth-order valence-corrected chi connectivity index (χ4v) is 3.92. The fraction of sp³-hybridized carbons (Fsp3) is 0.368. The summed E-state index contributed by atoms with van der Waals surface area (Å²) in [5.74, 6) is 0.345. The van der Waals surface area contributed by atoms with Crippen molar-refractivity contribution in [2.45, 2.75) is 45.4 Å². The third-order valence-corrected chi connectivity index (χ3v) is 5.66. The Labute approximate surface area is 154 Å². The Balaban J connectivity index is 1.47. The molecule has 1 aromatic carbocycles. The van der Waals surface area contributed by atoms with Crippen LogP contribution in [-0.2, 0) is 11.2 Å². The number of hydrogen-bond donors (Lipinski definition) is 1. The Hall–Kier alpha value is -2.54. The van der Waals surface area contributed by atoms with Crippen molar-refractivity contribution in [2.24, 2.45) is 0 Å². The minimum Gasteiger partial charge on any atom is -0.423 e. The first-order valence-corrected chi connectivity index (χ1v) is 9.49. The Morgan fingerprint density at radius 3 is 2.88 bits per heavy atom. The third-order valence-electron chi connectivity index (χ3n) is 4.66. The third kappa shape index (κ3) is 3.39. The van der Waals surface area contributed by atoms with Gasteiger partial charge in [-0.15, -0.1) is 10.2 Å².